The van der Waals surface area contributed by atoms with Gasteiger partial charge in [0.05, 0.1) is 17.9 Å². The number of nitrogens with zero attached hydrogens (tertiary/aromatic N) is 3. The molecule has 0 unspecified atom stereocenters. The van der Waals surface area contributed by atoms with Gasteiger partial charge in [-0.05, 0) is 44.0 Å². The van der Waals surface area contributed by atoms with E-state index in [1.165, 1.54) is 4.31 Å². The number of sulfonamides is 1. The number of likely N-dealkylation sites (tertiary alicyclic amines) is 1. The molecule has 0 N–H and O–H groups in total. The van der Waals surface area contributed by atoms with Crippen molar-refractivity contribution in [2.45, 2.75) is 31.1 Å². The van der Waals surface area contributed by atoms with Gasteiger partial charge < -0.3 is 14.5 Å². The van der Waals surface area contributed by atoms with Crippen molar-refractivity contribution in [3.63, 3.8) is 0 Å². The second-order valence-electron chi connectivity index (χ2n) is 9.11. The van der Waals surface area contributed by atoms with Crippen molar-refractivity contribution in [3.05, 3.63) is 60.2 Å². The lowest BCUT2D eigenvalue weighted by atomic mass is 9.95. The summed E-state index contributed by atoms with van der Waals surface area (Å²) in [6.07, 6.45) is 1.57. The molecule has 2 heterocycles. The number of piperidine rings is 1. The number of carbonyl (C=O) groups is 2. The van der Waals surface area contributed by atoms with Gasteiger partial charge in [0.15, 0.2) is 0 Å². The van der Waals surface area contributed by atoms with Crippen LogP contribution < -0.4 is 4.74 Å². The van der Waals surface area contributed by atoms with Crippen LogP contribution in [-0.2, 0) is 19.6 Å². The topological polar surface area (TPSA) is 87.2 Å². The van der Waals surface area contributed by atoms with E-state index in [0.29, 0.717) is 65.1 Å². The fraction of sp³-hybridized carbons (Fsp3) is 0.462. The number of carbonyl (C=O) groups excluding carboxylic acids is 2. The summed E-state index contributed by atoms with van der Waals surface area (Å²) < 4.78 is 32.9. The number of aryl methyl sites for hydroxylation is 1. The highest BCUT2D eigenvalue weighted by Gasteiger charge is 2.34. The minimum atomic E-state index is -3.55. The number of rotatable bonds is 7. The van der Waals surface area contributed by atoms with E-state index in [-0.39, 0.29) is 22.6 Å². The molecule has 9 heteroatoms. The quantitative estimate of drug-likeness (QED) is 0.584. The predicted molar refractivity (Wildman–Crippen MR) is 132 cm³/mol. The molecular formula is C26H33N3O5S. The van der Waals surface area contributed by atoms with Gasteiger partial charge in [-0.3, -0.25) is 9.59 Å². The molecule has 0 aromatic heterocycles. The smallest absolute Gasteiger partial charge is 0.243 e. The molecule has 0 bridgehead atoms. The van der Waals surface area contributed by atoms with Gasteiger partial charge in [-0.2, -0.15) is 4.31 Å². The molecule has 2 amide bonds. The highest BCUT2D eigenvalue weighted by molar-refractivity contribution is 7.89. The third-order valence-corrected chi connectivity index (χ3v) is 8.65. The van der Waals surface area contributed by atoms with Crippen LogP contribution in [0.15, 0.2) is 59.5 Å². The van der Waals surface area contributed by atoms with Crippen LogP contribution in [0, 0.1) is 12.8 Å². The first-order chi connectivity index (χ1) is 16.8. The molecule has 8 nitrogen and oxygen atoms in total. The summed E-state index contributed by atoms with van der Waals surface area (Å²) in [5, 5.41) is 0. The molecule has 2 aliphatic heterocycles. The molecule has 2 aromatic carbocycles. The number of para-hydroxylation sites is 1. The zero-order valence-corrected chi connectivity index (χ0v) is 21.0. The van der Waals surface area contributed by atoms with E-state index in [0.717, 1.165) is 11.3 Å². The van der Waals surface area contributed by atoms with E-state index in [2.05, 4.69) is 0 Å². The largest absolute Gasteiger partial charge is 0.493 e. The molecule has 0 radical (unpaired) electrons. The van der Waals surface area contributed by atoms with Gasteiger partial charge >= 0.3 is 0 Å². The third-order valence-electron chi connectivity index (χ3n) is 6.73. The van der Waals surface area contributed by atoms with Crippen LogP contribution in [-0.4, -0.2) is 80.2 Å². The molecular weight excluding hydrogens is 466 g/mol. The van der Waals surface area contributed by atoms with E-state index >= 15 is 0 Å². The number of benzene rings is 2. The summed E-state index contributed by atoms with van der Waals surface area (Å²) in [6, 6.07) is 16.3. The zero-order chi connectivity index (χ0) is 24.8. The Morgan fingerprint density at radius 1 is 0.857 bits per heavy atom. The van der Waals surface area contributed by atoms with Gasteiger partial charge in [0, 0.05) is 45.2 Å². The Hall–Kier alpha value is -2.91. The molecule has 2 fully saturated rings. The minimum Gasteiger partial charge on any atom is -0.493 e. The highest BCUT2D eigenvalue weighted by atomic mass is 32.2. The molecule has 0 aliphatic carbocycles. The van der Waals surface area contributed by atoms with Crippen molar-refractivity contribution in [1.82, 2.24) is 14.1 Å². The van der Waals surface area contributed by atoms with Gasteiger partial charge in [-0.15, -0.1) is 0 Å². The van der Waals surface area contributed by atoms with Gasteiger partial charge in [0.25, 0.3) is 0 Å². The van der Waals surface area contributed by atoms with Gasteiger partial charge in [0.2, 0.25) is 21.8 Å². The Bertz CT molecular complexity index is 1110. The van der Waals surface area contributed by atoms with Crippen LogP contribution in [0.2, 0.25) is 0 Å². The molecule has 2 aromatic rings. The zero-order valence-electron chi connectivity index (χ0n) is 20.1. The Morgan fingerprint density at radius 3 is 2.11 bits per heavy atom. The number of ether oxygens (including phenoxy) is 1. The van der Waals surface area contributed by atoms with Crippen LogP contribution in [0.5, 0.6) is 5.75 Å². The summed E-state index contributed by atoms with van der Waals surface area (Å²) >= 11 is 0. The van der Waals surface area contributed by atoms with E-state index in [9.17, 15) is 18.0 Å². The Balaban J connectivity index is 1.20. The van der Waals surface area contributed by atoms with Crippen LogP contribution in [0.25, 0.3) is 0 Å². The van der Waals surface area contributed by atoms with Gasteiger partial charge in [0.1, 0.15) is 5.75 Å². The van der Waals surface area contributed by atoms with Crippen molar-refractivity contribution in [2.75, 3.05) is 45.9 Å². The van der Waals surface area contributed by atoms with E-state index in [1.807, 2.05) is 42.2 Å². The monoisotopic (exact) mass is 499 g/mol. The molecule has 0 saturated carbocycles. The standard InChI is InChI=1S/C26H33N3O5S/c1-21-7-9-24(10-8-21)35(32,33)29-18-16-28(17-19-29)26(31)22-11-14-27(15-12-22)25(30)13-20-34-23-5-3-2-4-6-23/h2-10,22H,11-20H2,1H3. The Morgan fingerprint density at radius 2 is 1.49 bits per heavy atom. The maximum absolute atomic E-state index is 13.1. The van der Waals surface area contributed by atoms with Crippen molar-refractivity contribution >= 4 is 21.8 Å². The Kier molecular flexibility index (Phi) is 8.07. The molecule has 0 spiro atoms. The lowest BCUT2D eigenvalue weighted by molar-refractivity contribution is -0.141. The first-order valence-electron chi connectivity index (χ1n) is 12.2. The minimum absolute atomic E-state index is 0.0433. The number of hydrogen-bond acceptors (Lipinski definition) is 5. The maximum atomic E-state index is 13.1. The van der Waals surface area contributed by atoms with Gasteiger partial charge in [-0.1, -0.05) is 35.9 Å². The first kappa shape index (κ1) is 25.2. The van der Waals surface area contributed by atoms with Crippen molar-refractivity contribution in [1.29, 1.82) is 0 Å². The van der Waals surface area contributed by atoms with Crippen molar-refractivity contribution in [3.8, 4) is 5.75 Å². The summed E-state index contributed by atoms with van der Waals surface area (Å²) in [7, 11) is -3.55. The average Bonchev–Trinajstić information content (AvgIpc) is 2.89. The maximum Gasteiger partial charge on any atom is 0.243 e. The molecule has 2 saturated heterocycles. The van der Waals surface area contributed by atoms with Crippen LogP contribution in [0.4, 0.5) is 0 Å². The molecule has 0 atom stereocenters. The fourth-order valence-corrected chi connectivity index (χ4v) is 6.00. The predicted octanol–water partition coefficient (Wildman–Crippen LogP) is 2.54. The highest BCUT2D eigenvalue weighted by Crippen LogP contribution is 2.23. The second-order valence-corrected chi connectivity index (χ2v) is 11.0. The second kappa shape index (κ2) is 11.2. The van der Waals surface area contributed by atoms with Gasteiger partial charge in [-0.25, -0.2) is 8.42 Å². The van der Waals surface area contributed by atoms with Crippen LogP contribution in [0.3, 0.4) is 0 Å². The van der Waals surface area contributed by atoms with Crippen molar-refractivity contribution < 1.29 is 22.7 Å². The lowest BCUT2D eigenvalue weighted by Gasteiger charge is -2.38. The first-order valence-corrected chi connectivity index (χ1v) is 13.6. The molecule has 2 aliphatic rings. The number of piperazine rings is 1. The molecule has 188 valence electrons. The lowest BCUT2D eigenvalue weighted by Crippen LogP contribution is -2.53. The van der Waals surface area contributed by atoms with Crippen LogP contribution >= 0.6 is 0 Å². The average molecular weight is 500 g/mol. The van der Waals surface area contributed by atoms with E-state index < -0.39 is 10.0 Å². The third kappa shape index (κ3) is 6.21. The normalized spacial score (nSPS) is 17.9. The fourth-order valence-electron chi connectivity index (χ4n) is 4.57. The summed E-state index contributed by atoms with van der Waals surface area (Å²) in [5.74, 6) is 0.731. The number of hydrogen-bond donors (Lipinski definition) is 0. The summed E-state index contributed by atoms with van der Waals surface area (Å²) in [4.78, 5) is 29.4. The molecule has 35 heavy (non-hydrogen) atoms. The SMILES string of the molecule is Cc1ccc(S(=O)(=O)N2CCN(C(=O)C3CCN(C(=O)CCOc4ccccc4)CC3)CC2)cc1. The van der Waals surface area contributed by atoms with E-state index in [4.69, 9.17) is 4.74 Å². The van der Waals surface area contributed by atoms with Crippen molar-refractivity contribution in [2.24, 2.45) is 5.92 Å². The van der Waals surface area contributed by atoms with Crippen LogP contribution in [0.1, 0.15) is 24.8 Å². The summed E-state index contributed by atoms with van der Waals surface area (Å²) in [6.45, 7) is 4.73. The molecule has 4 rings (SSSR count). The number of amides is 2. The Labute approximate surface area is 207 Å². The van der Waals surface area contributed by atoms with E-state index in [1.54, 1.807) is 29.2 Å². The summed E-state index contributed by atoms with van der Waals surface area (Å²) in [5.41, 5.74) is 1.01.